The number of nitrogens with zero attached hydrogens (tertiary/aromatic N) is 1. The molecule has 1 atom stereocenters. The van der Waals surface area contributed by atoms with Crippen molar-refractivity contribution in [2.24, 2.45) is 0 Å². The Kier molecular flexibility index (Phi) is 3.88. The van der Waals surface area contributed by atoms with E-state index in [4.69, 9.17) is 4.74 Å². The van der Waals surface area contributed by atoms with Gasteiger partial charge in [0, 0.05) is 29.9 Å². The minimum Gasteiger partial charge on any atom is -0.496 e. The monoisotopic (exact) mass is 281 g/mol. The van der Waals surface area contributed by atoms with Crippen LogP contribution in [0.15, 0.2) is 48.8 Å². The van der Waals surface area contributed by atoms with Crippen LogP contribution in [0.5, 0.6) is 5.75 Å². The van der Waals surface area contributed by atoms with E-state index in [2.05, 4.69) is 52.8 Å². The van der Waals surface area contributed by atoms with E-state index in [1.54, 1.807) is 7.11 Å². The third-order valence-corrected chi connectivity index (χ3v) is 3.82. The maximum absolute atomic E-state index is 5.52. The van der Waals surface area contributed by atoms with Gasteiger partial charge in [-0.3, -0.25) is 5.10 Å². The Labute approximate surface area is 124 Å². The zero-order valence-corrected chi connectivity index (χ0v) is 12.3. The van der Waals surface area contributed by atoms with Gasteiger partial charge in [0.2, 0.25) is 0 Å². The molecular formula is C17H19N3O. The Bertz CT molecular complexity index is 722. The van der Waals surface area contributed by atoms with Gasteiger partial charge >= 0.3 is 0 Å². The van der Waals surface area contributed by atoms with Gasteiger partial charge in [-0.25, -0.2) is 0 Å². The first kappa shape index (κ1) is 13.6. The van der Waals surface area contributed by atoms with Crippen molar-refractivity contribution in [3.05, 3.63) is 59.9 Å². The number of nitrogens with one attached hydrogen (secondary N) is 2. The maximum Gasteiger partial charge on any atom is 0.123 e. The summed E-state index contributed by atoms with van der Waals surface area (Å²) in [6.07, 6.45) is 3.76. The van der Waals surface area contributed by atoms with Crippen LogP contribution in [0.3, 0.4) is 0 Å². The SMILES string of the molecule is COc1ccc2ccccc2c1CNC(C)c1cn[nH]c1. The number of rotatable bonds is 5. The molecule has 108 valence electrons. The fourth-order valence-corrected chi connectivity index (χ4v) is 2.56. The summed E-state index contributed by atoms with van der Waals surface area (Å²) in [7, 11) is 1.72. The smallest absolute Gasteiger partial charge is 0.123 e. The van der Waals surface area contributed by atoms with Crippen molar-refractivity contribution in [3.8, 4) is 5.75 Å². The lowest BCUT2D eigenvalue weighted by Gasteiger charge is -2.16. The van der Waals surface area contributed by atoms with Crippen LogP contribution in [0.25, 0.3) is 10.8 Å². The van der Waals surface area contributed by atoms with Crippen molar-refractivity contribution < 1.29 is 4.74 Å². The lowest BCUT2D eigenvalue weighted by molar-refractivity contribution is 0.407. The van der Waals surface area contributed by atoms with E-state index in [0.29, 0.717) is 0 Å². The molecule has 0 amide bonds. The first-order valence-electron chi connectivity index (χ1n) is 7.06. The number of aromatic amines is 1. The molecule has 0 aliphatic carbocycles. The Hall–Kier alpha value is -2.33. The van der Waals surface area contributed by atoms with Crippen LogP contribution in [0.2, 0.25) is 0 Å². The average Bonchev–Trinajstić information content (AvgIpc) is 3.06. The molecule has 1 heterocycles. The molecule has 4 nitrogen and oxygen atoms in total. The van der Waals surface area contributed by atoms with Crippen LogP contribution in [0.4, 0.5) is 0 Å². The van der Waals surface area contributed by atoms with E-state index in [-0.39, 0.29) is 6.04 Å². The lowest BCUT2D eigenvalue weighted by Crippen LogP contribution is -2.18. The molecule has 0 spiro atoms. The van der Waals surface area contributed by atoms with Gasteiger partial charge in [-0.1, -0.05) is 30.3 Å². The molecule has 21 heavy (non-hydrogen) atoms. The second-order valence-corrected chi connectivity index (χ2v) is 5.10. The molecule has 0 saturated carbocycles. The van der Waals surface area contributed by atoms with Crippen molar-refractivity contribution in [1.82, 2.24) is 15.5 Å². The molecule has 0 saturated heterocycles. The Morgan fingerprint density at radius 3 is 2.86 bits per heavy atom. The summed E-state index contributed by atoms with van der Waals surface area (Å²) >= 11 is 0. The Morgan fingerprint density at radius 1 is 1.24 bits per heavy atom. The van der Waals surface area contributed by atoms with Gasteiger partial charge < -0.3 is 10.1 Å². The van der Waals surface area contributed by atoms with Gasteiger partial charge in [-0.2, -0.15) is 5.10 Å². The molecule has 0 radical (unpaired) electrons. The van der Waals surface area contributed by atoms with Crippen molar-refractivity contribution in [2.45, 2.75) is 19.5 Å². The van der Waals surface area contributed by atoms with Crippen molar-refractivity contribution >= 4 is 10.8 Å². The summed E-state index contributed by atoms with van der Waals surface area (Å²) in [6.45, 7) is 2.87. The minimum absolute atomic E-state index is 0.229. The summed E-state index contributed by atoms with van der Waals surface area (Å²) in [4.78, 5) is 0. The van der Waals surface area contributed by atoms with Crippen LogP contribution >= 0.6 is 0 Å². The number of hydrogen-bond donors (Lipinski definition) is 2. The molecule has 0 aliphatic rings. The van der Waals surface area contributed by atoms with E-state index >= 15 is 0 Å². The fraction of sp³-hybridized carbons (Fsp3) is 0.235. The van der Waals surface area contributed by atoms with Crippen LogP contribution in [-0.2, 0) is 6.54 Å². The summed E-state index contributed by atoms with van der Waals surface area (Å²) in [5.74, 6) is 0.917. The predicted octanol–water partition coefficient (Wildman–Crippen LogP) is 3.42. The third-order valence-electron chi connectivity index (χ3n) is 3.82. The summed E-state index contributed by atoms with van der Waals surface area (Å²) < 4.78 is 5.52. The minimum atomic E-state index is 0.229. The number of H-pyrrole nitrogens is 1. The summed E-state index contributed by atoms with van der Waals surface area (Å²) in [5, 5.41) is 12.8. The molecule has 3 aromatic rings. The highest BCUT2D eigenvalue weighted by atomic mass is 16.5. The molecular weight excluding hydrogens is 262 g/mol. The number of methoxy groups -OCH3 is 1. The molecule has 3 rings (SSSR count). The second kappa shape index (κ2) is 5.97. The number of ether oxygens (including phenoxy) is 1. The highest BCUT2D eigenvalue weighted by Crippen LogP contribution is 2.28. The van der Waals surface area contributed by atoms with Crippen LogP contribution < -0.4 is 10.1 Å². The molecule has 1 unspecified atom stereocenters. The van der Waals surface area contributed by atoms with Gasteiger partial charge in [0.05, 0.1) is 13.3 Å². The number of hydrogen-bond acceptors (Lipinski definition) is 3. The molecule has 2 N–H and O–H groups in total. The summed E-state index contributed by atoms with van der Waals surface area (Å²) in [6, 6.07) is 12.7. The Morgan fingerprint density at radius 2 is 2.10 bits per heavy atom. The van der Waals surface area contributed by atoms with Gasteiger partial charge in [-0.15, -0.1) is 0 Å². The first-order chi connectivity index (χ1) is 10.3. The lowest BCUT2D eigenvalue weighted by atomic mass is 10.0. The van der Waals surface area contributed by atoms with Crippen LogP contribution in [-0.4, -0.2) is 17.3 Å². The first-order valence-corrected chi connectivity index (χ1v) is 7.06. The second-order valence-electron chi connectivity index (χ2n) is 5.10. The zero-order chi connectivity index (χ0) is 14.7. The number of aromatic nitrogens is 2. The molecule has 2 aromatic carbocycles. The molecule has 1 aromatic heterocycles. The molecule has 0 fully saturated rings. The van der Waals surface area contributed by atoms with Gasteiger partial charge in [-0.05, 0) is 23.8 Å². The maximum atomic E-state index is 5.52. The molecule has 0 bridgehead atoms. The van der Waals surface area contributed by atoms with Crippen LogP contribution in [0.1, 0.15) is 24.1 Å². The van der Waals surface area contributed by atoms with Crippen molar-refractivity contribution in [3.63, 3.8) is 0 Å². The number of benzene rings is 2. The standard InChI is InChI=1S/C17H19N3O/c1-12(14-9-19-20-10-14)18-11-16-15-6-4-3-5-13(15)7-8-17(16)21-2/h3-10,12,18H,11H2,1-2H3,(H,19,20). The van der Waals surface area contributed by atoms with E-state index in [1.807, 2.05) is 18.5 Å². The average molecular weight is 281 g/mol. The zero-order valence-electron chi connectivity index (χ0n) is 12.3. The van der Waals surface area contributed by atoms with Crippen molar-refractivity contribution in [2.75, 3.05) is 7.11 Å². The molecule has 4 heteroatoms. The predicted molar refractivity (Wildman–Crippen MR) is 84.3 cm³/mol. The van der Waals surface area contributed by atoms with Crippen molar-refractivity contribution in [1.29, 1.82) is 0 Å². The van der Waals surface area contributed by atoms with E-state index in [9.17, 15) is 0 Å². The van der Waals surface area contributed by atoms with E-state index < -0.39 is 0 Å². The quantitative estimate of drug-likeness (QED) is 0.753. The van der Waals surface area contributed by atoms with Gasteiger partial charge in [0.1, 0.15) is 5.75 Å². The summed E-state index contributed by atoms with van der Waals surface area (Å²) in [5.41, 5.74) is 2.33. The van der Waals surface area contributed by atoms with Gasteiger partial charge in [0.25, 0.3) is 0 Å². The largest absolute Gasteiger partial charge is 0.496 e. The third kappa shape index (κ3) is 2.76. The highest BCUT2D eigenvalue weighted by molar-refractivity contribution is 5.87. The topological polar surface area (TPSA) is 49.9 Å². The van der Waals surface area contributed by atoms with E-state index in [0.717, 1.165) is 17.9 Å². The normalized spacial score (nSPS) is 12.5. The van der Waals surface area contributed by atoms with Gasteiger partial charge in [0.15, 0.2) is 0 Å². The van der Waals surface area contributed by atoms with Crippen LogP contribution in [0, 0.1) is 0 Å². The van der Waals surface area contributed by atoms with E-state index in [1.165, 1.54) is 16.3 Å². The molecule has 0 aliphatic heterocycles. The fourth-order valence-electron chi connectivity index (χ4n) is 2.56. The highest BCUT2D eigenvalue weighted by Gasteiger charge is 2.11. The number of fused-ring (bicyclic) bond motifs is 1. The Balaban J connectivity index is 1.88.